The summed E-state index contributed by atoms with van der Waals surface area (Å²) < 4.78 is 27.0. The van der Waals surface area contributed by atoms with Crippen molar-refractivity contribution < 1.29 is 13.5 Å². The molecular formula is C16H12ClN3O3S. The number of rotatable bonds is 4. The summed E-state index contributed by atoms with van der Waals surface area (Å²) in [4.78, 5) is 8.27. The maximum Gasteiger partial charge on any atom is 0.262 e. The highest BCUT2D eigenvalue weighted by Crippen LogP contribution is 2.22. The van der Waals surface area contributed by atoms with Crippen molar-refractivity contribution in [3.63, 3.8) is 0 Å². The van der Waals surface area contributed by atoms with E-state index in [2.05, 4.69) is 14.7 Å². The van der Waals surface area contributed by atoms with Crippen LogP contribution in [0.1, 0.15) is 0 Å². The van der Waals surface area contributed by atoms with Crippen LogP contribution in [0.3, 0.4) is 0 Å². The minimum Gasteiger partial charge on any atom is -0.508 e. The fraction of sp³-hybridized carbons (Fsp3) is 0. The van der Waals surface area contributed by atoms with Gasteiger partial charge in [0.2, 0.25) is 0 Å². The van der Waals surface area contributed by atoms with E-state index in [-0.39, 0.29) is 16.3 Å². The van der Waals surface area contributed by atoms with Crippen LogP contribution in [0.4, 0.5) is 5.69 Å². The van der Waals surface area contributed by atoms with Crippen molar-refractivity contribution in [2.24, 2.45) is 0 Å². The number of anilines is 1. The zero-order chi connectivity index (χ0) is 17.2. The molecule has 1 aromatic heterocycles. The Morgan fingerprint density at radius 1 is 1.00 bits per heavy atom. The van der Waals surface area contributed by atoms with Gasteiger partial charge in [0.05, 0.1) is 23.0 Å². The Bertz CT molecular complexity index is 976. The largest absolute Gasteiger partial charge is 0.508 e. The van der Waals surface area contributed by atoms with Gasteiger partial charge in [-0.15, -0.1) is 0 Å². The Labute approximate surface area is 143 Å². The minimum atomic E-state index is -3.77. The first-order chi connectivity index (χ1) is 11.4. The van der Waals surface area contributed by atoms with Gasteiger partial charge >= 0.3 is 0 Å². The molecule has 122 valence electrons. The lowest BCUT2D eigenvalue weighted by molar-refractivity contribution is 0.475. The molecule has 0 unspecified atom stereocenters. The van der Waals surface area contributed by atoms with E-state index in [0.29, 0.717) is 16.4 Å². The van der Waals surface area contributed by atoms with Crippen molar-refractivity contribution >= 4 is 27.3 Å². The number of benzene rings is 2. The third-order valence-corrected chi connectivity index (χ3v) is 4.73. The van der Waals surface area contributed by atoms with Gasteiger partial charge in [0.1, 0.15) is 5.75 Å². The van der Waals surface area contributed by atoms with Gasteiger partial charge in [0, 0.05) is 10.6 Å². The average molecular weight is 362 g/mol. The lowest BCUT2D eigenvalue weighted by Gasteiger charge is -2.08. The van der Waals surface area contributed by atoms with E-state index in [1.165, 1.54) is 36.7 Å². The highest BCUT2D eigenvalue weighted by atomic mass is 35.5. The number of aromatic hydroxyl groups is 1. The summed E-state index contributed by atoms with van der Waals surface area (Å²) in [7, 11) is -3.77. The van der Waals surface area contributed by atoms with Crippen LogP contribution < -0.4 is 4.72 Å². The fourth-order valence-corrected chi connectivity index (χ4v) is 3.35. The molecule has 0 saturated heterocycles. The topological polar surface area (TPSA) is 92.2 Å². The van der Waals surface area contributed by atoms with E-state index in [1.54, 1.807) is 24.3 Å². The lowest BCUT2D eigenvalue weighted by Crippen LogP contribution is -2.13. The fourth-order valence-electron chi connectivity index (χ4n) is 2.02. The van der Waals surface area contributed by atoms with E-state index in [1.807, 2.05) is 0 Å². The first-order valence-electron chi connectivity index (χ1n) is 6.84. The molecule has 0 aliphatic heterocycles. The predicted octanol–water partition coefficient (Wildman–Crippen LogP) is 3.30. The van der Waals surface area contributed by atoms with Crippen molar-refractivity contribution in [1.29, 1.82) is 0 Å². The molecule has 0 atom stereocenters. The molecule has 3 rings (SSSR count). The van der Waals surface area contributed by atoms with E-state index in [0.717, 1.165) is 0 Å². The highest BCUT2D eigenvalue weighted by molar-refractivity contribution is 7.92. The summed E-state index contributed by atoms with van der Waals surface area (Å²) in [5, 5.41) is 9.80. The predicted molar refractivity (Wildman–Crippen MR) is 91.4 cm³/mol. The number of nitrogens with one attached hydrogen (secondary N) is 1. The summed E-state index contributed by atoms with van der Waals surface area (Å²) in [6.45, 7) is 0. The Balaban J connectivity index is 1.84. The number of phenolic OH excluding ortho intramolecular Hbond substituents is 1. The normalized spacial score (nSPS) is 11.2. The molecule has 2 N–H and O–H groups in total. The van der Waals surface area contributed by atoms with Crippen LogP contribution >= 0.6 is 11.6 Å². The molecular weight excluding hydrogens is 350 g/mol. The molecule has 0 bridgehead atoms. The molecule has 2 aromatic carbocycles. The summed E-state index contributed by atoms with van der Waals surface area (Å²) in [5.74, 6) is 0.471. The van der Waals surface area contributed by atoms with Gasteiger partial charge in [-0.05, 0) is 30.3 Å². The smallest absolute Gasteiger partial charge is 0.262 e. The van der Waals surface area contributed by atoms with Crippen molar-refractivity contribution in [3.8, 4) is 17.1 Å². The van der Waals surface area contributed by atoms with Gasteiger partial charge in [-0.3, -0.25) is 4.72 Å². The number of hydrogen-bond donors (Lipinski definition) is 2. The van der Waals surface area contributed by atoms with E-state index in [4.69, 9.17) is 11.6 Å². The molecule has 24 heavy (non-hydrogen) atoms. The summed E-state index contributed by atoms with van der Waals surface area (Å²) in [5.41, 5.74) is 0.845. The number of phenols is 1. The highest BCUT2D eigenvalue weighted by Gasteiger charge is 2.15. The van der Waals surface area contributed by atoms with Gasteiger partial charge in [0.15, 0.2) is 5.82 Å². The molecule has 6 nitrogen and oxygen atoms in total. The van der Waals surface area contributed by atoms with Gasteiger partial charge in [-0.2, -0.15) is 0 Å². The number of aromatic nitrogens is 2. The Hall–Kier alpha value is -2.64. The van der Waals surface area contributed by atoms with Gasteiger partial charge in [0.25, 0.3) is 10.0 Å². The van der Waals surface area contributed by atoms with Crippen molar-refractivity contribution in [3.05, 3.63) is 65.9 Å². The molecule has 0 spiro atoms. The standard InChI is InChI=1S/C16H12ClN3O3S/c17-12-4-2-6-15(8-12)24(22,23)20-13-9-18-16(19-10-13)11-3-1-5-14(21)7-11/h1-10,20-21H. The first-order valence-corrected chi connectivity index (χ1v) is 8.70. The molecule has 3 aromatic rings. The van der Waals surface area contributed by atoms with Crippen LogP contribution in [0.2, 0.25) is 5.02 Å². The third kappa shape index (κ3) is 3.64. The lowest BCUT2D eigenvalue weighted by atomic mass is 10.2. The first kappa shape index (κ1) is 16.2. The van der Waals surface area contributed by atoms with Crippen LogP contribution in [-0.4, -0.2) is 23.5 Å². The molecule has 0 radical (unpaired) electrons. The number of nitrogens with zero attached hydrogens (tertiary/aromatic N) is 2. The van der Waals surface area contributed by atoms with Crippen LogP contribution in [-0.2, 0) is 10.0 Å². The SMILES string of the molecule is O=S(=O)(Nc1cnc(-c2cccc(O)c2)nc1)c1cccc(Cl)c1. The van der Waals surface area contributed by atoms with Crippen LogP contribution in [0.5, 0.6) is 5.75 Å². The van der Waals surface area contributed by atoms with Gasteiger partial charge in [-0.25, -0.2) is 18.4 Å². The molecule has 1 heterocycles. The molecule has 0 amide bonds. The van der Waals surface area contributed by atoms with E-state index < -0.39 is 10.0 Å². The minimum absolute atomic E-state index is 0.0482. The maximum absolute atomic E-state index is 12.3. The summed E-state index contributed by atoms with van der Waals surface area (Å²) in [6, 6.07) is 12.4. The maximum atomic E-state index is 12.3. The van der Waals surface area contributed by atoms with Crippen molar-refractivity contribution in [2.45, 2.75) is 4.90 Å². The average Bonchev–Trinajstić information content (AvgIpc) is 2.55. The molecule has 8 heteroatoms. The summed E-state index contributed by atoms with van der Waals surface area (Å²) in [6.07, 6.45) is 2.71. The van der Waals surface area contributed by atoms with Gasteiger partial charge < -0.3 is 5.11 Å². The van der Waals surface area contributed by atoms with Crippen molar-refractivity contribution in [2.75, 3.05) is 4.72 Å². The third-order valence-electron chi connectivity index (χ3n) is 3.11. The van der Waals surface area contributed by atoms with Crippen molar-refractivity contribution in [1.82, 2.24) is 9.97 Å². The van der Waals surface area contributed by atoms with Crippen LogP contribution in [0.15, 0.2) is 65.8 Å². The number of halogens is 1. The Morgan fingerprint density at radius 2 is 1.71 bits per heavy atom. The Morgan fingerprint density at radius 3 is 2.38 bits per heavy atom. The second-order valence-electron chi connectivity index (χ2n) is 4.91. The van der Waals surface area contributed by atoms with E-state index in [9.17, 15) is 13.5 Å². The number of sulfonamides is 1. The quantitative estimate of drug-likeness (QED) is 0.743. The Kier molecular flexibility index (Phi) is 4.37. The monoisotopic (exact) mass is 361 g/mol. The molecule has 0 saturated carbocycles. The molecule has 0 fully saturated rings. The van der Waals surface area contributed by atoms with E-state index >= 15 is 0 Å². The van der Waals surface area contributed by atoms with Crippen LogP contribution in [0.25, 0.3) is 11.4 Å². The van der Waals surface area contributed by atoms with Gasteiger partial charge in [-0.1, -0.05) is 29.8 Å². The second-order valence-corrected chi connectivity index (χ2v) is 7.03. The second kappa shape index (κ2) is 6.46. The number of hydrogen-bond acceptors (Lipinski definition) is 5. The molecule has 0 aliphatic rings. The molecule has 0 aliphatic carbocycles. The zero-order valence-corrected chi connectivity index (χ0v) is 13.8. The van der Waals surface area contributed by atoms with Crippen LogP contribution in [0, 0.1) is 0 Å². The zero-order valence-electron chi connectivity index (χ0n) is 12.2. The summed E-state index contributed by atoms with van der Waals surface area (Å²) >= 11 is 5.82.